The van der Waals surface area contributed by atoms with E-state index < -0.39 is 8.07 Å². The molecule has 0 aliphatic carbocycles. The van der Waals surface area contributed by atoms with Crippen molar-refractivity contribution >= 4 is 13.3 Å². The van der Waals surface area contributed by atoms with Crippen LogP contribution < -0.4 is 5.19 Å². The fourth-order valence-corrected chi connectivity index (χ4v) is 3.51. The molecule has 0 aromatic heterocycles. The Hall–Kier alpha value is -1.98. The van der Waals surface area contributed by atoms with Crippen LogP contribution in [0.4, 0.5) is 0 Å². The quantitative estimate of drug-likeness (QED) is 0.620. The van der Waals surface area contributed by atoms with Crippen LogP contribution in [-0.4, -0.2) is 13.2 Å². The van der Waals surface area contributed by atoms with E-state index in [1.165, 1.54) is 5.19 Å². The van der Waals surface area contributed by atoms with Crippen LogP contribution in [0, 0.1) is 11.8 Å². The zero-order valence-corrected chi connectivity index (χ0v) is 12.6. The molecule has 1 N–H and O–H groups in total. The highest BCUT2D eigenvalue weighted by molar-refractivity contribution is 6.89. The van der Waals surface area contributed by atoms with Gasteiger partial charge in [0.05, 0.1) is 13.6 Å². The van der Waals surface area contributed by atoms with Gasteiger partial charge in [-0.2, -0.15) is 0 Å². The molecule has 0 saturated carbocycles. The third kappa shape index (κ3) is 3.27. The first-order valence-corrected chi connectivity index (χ1v) is 9.88. The molecule has 2 rings (SSSR count). The molecule has 0 unspecified atom stereocenters. The van der Waals surface area contributed by atoms with Crippen LogP contribution in [0.3, 0.4) is 0 Å². The van der Waals surface area contributed by atoms with E-state index in [9.17, 15) is 5.11 Å². The first-order chi connectivity index (χ1) is 8.98. The van der Waals surface area contributed by atoms with Crippen molar-refractivity contribution in [2.45, 2.75) is 19.6 Å². The van der Waals surface area contributed by atoms with Crippen LogP contribution in [0.15, 0.2) is 48.5 Å². The summed E-state index contributed by atoms with van der Waals surface area (Å²) >= 11 is 0. The van der Waals surface area contributed by atoms with Crippen molar-refractivity contribution in [1.82, 2.24) is 0 Å². The highest BCUT2D eigenvalue weighted by Crippen LogP contribution is 2.14. The fourth-order valence-electron chi connectivity index (χ4n) is 1.96. The lowest BCUT2D eigenvalue weighted by Crippen LogP contribution is -2.39. The van der Waals surface area contributed by atoms with Gasteiger partial charge in [0, 0.05) is 5.56 Å². The zero-order valence-electron chi connectivity index (χ0n) is 11.6. The van der Waals surface area contributed by atoms with Crippen molar-refractivity contribution in [2.24, 2.45) is 0 Å². The van der Waals surface area contributed by atoms with Gasteiger partial charge in [0.15, 0.2) is 0 Å². The largest absolute Gasteiger partial charge is 0.507 e. The molecule has 2 aromatic rings. The number of benzene rings is 2. The maximum atomic E-state index is 9.72. The van der Waals surface area contributed by atoms with Crippen LogP contribution in [0.2, 0.25) is 19.6 Å². The van der Waals surface area contributed by atoms with Crippen molar-refractivity contribution in [2.75, 3.05) is 0 Å². The van der Waals surface area contributed by atoms with Crippen molar-refractivity contribution in [3.8, 4) is 17.6 Å². The summed E-state index contributed by atoms with van der Waals surface area (Å²) in [6, 6.07) is 15.5. The molecular weight excluding hydrogens is 248 g/mol. The summed E-state index contributed by atoms with van der Waals surface area (Å²) in [5.74, 6) is 6.50. The highest BCUT2D eigenvalue weighted by atomic mass is 28.3. The summed E-state index contributed by atoms with van der Waals surface area (Å²) in [7, 11) is -1.39. The molecule has 0 heterocycles. The smallest absolute Gasteiger partial charge is 0.131 e. The second-order valence-electron chi connectivity index (χ2n) is 5.56. The normalized spacial score (nSPS) is 10.7. The molecule has 0 saturated heterocycles. The number of hydrogen-bond donors (Lipinski definition) is 1. The van der Waals surface area contributed by atoms with Gasteiger partial charge in [-0.15, -0.1) is 0 Å². The van der Waals surface area contributed by atoms with E-state index >= 15 is 0 Å². The Kier molecular flexibility index (Phi) is 3.78. The van der Waals surface area contributed by atoms with E-state index in [4.69, 9.17) is 0 Å². The lowest BCUT2D eigenvalue weighted by atomic mass is 10.1. The van der Waals surface area contributed by atoms with Crippen LogP contribution in [0.1, 0.15) is 11.1 Å². The Bertz CT molecular complexity index is 642. The van der Waals surface area contributed by atoms with E-state index in [1.54, 1.807) is 12.1 Å². The molecule has 0 atom stereocenters. The minimum atomic E-state index is -1.39. The van der Waals surface area contributed by atoms with Crippen molar-refractivity contribution < 1.29 is 5.11 Å². The molecule has 0 spiro atoms. The van der Waals surface area contributed by atoms with Crippen LogP contribution in [0.5, 0.6) is 5.75 Å². The van der Waals surface area contributed by atoms with Gasteiger partial charge >= 0.3 is 0 Å². The minimum Gasteiger partial charge on any atom is -0.507 e. The van der Waals surface area contributed by atoms with Crippen LogP contribution in [-0.2, 0) is 0 Å². The second-order valence-corrected chi connectivity index (χ2v) is 10.6. The number of phenolic OH excluding ortho intramolecular Hbond substituents is 1. The molecule has 0 amide bonds. The second kappa shape index (κ2) is 5.34. The number of aromatic hydroxyl groups is 1. The summed E-state index contributed by atoms with van der Waals surface area (Å²) in [5.41, 5.74) is 1.75. The highest BCUT2D eigenvalue weighted by Gasteiger charge is 2.18. The van der Waals surface area contributed by atoms with Gasteiger partial charge in [-0.05, 0) is 23.4 Å². The van der Waals surface area contributed by atoms with Gasteiger partial charge in [0.25, 0.3) is 0 Å². The van der Waals surface area contributed by atoms with Gasteiger partial charge in [0.1, 0.15) is 5.75 Å². The number of hydrogen-bond acceptors (Lipinski definition) is 1. The van der Waals surface area contributed by atoms with E-state index in [-0.39, 0.29) is 5.75 Å². The standard InChI is InChI=1S/C17H18OSi/c1-19(2,3)17-11-7-5-9-15(17)13-12-14-8-4-6-10-16(14)18/h4-11,18H,1-3H3. The number of para-hydroxylation sites is 1. The number of phenols is 1. The topological polar surface area (TPSA) is 20.2 Å². The molecule has 1 nitrogen and oxygen atoms in total. The average molecular weight is 266 g/mol. The van der Waals surface area contributed by atoms with Crippen LogP contribution >= 0.6 is 0 Å². The lowest BCUT2D eigenvalue weighted by molar-refractivity contribution is 0.473. The van der Waals surface area contributed by atoms with Gasteiger partial charge in [-0.1, -0.05) is 61.8 Å². The maximum absolute atomic E-state index is 9.72. The zero-order chi connectivity index (χ0) is 13.9. The average Bonchev–Trinajstić information content (AvgIpc) is 2.37. The molecule has 0 fully saturated rings. The summed E-state index contributed by atoms with van der Waals surface area (Å²) in [6.45, 7) is 6.94. The molecule has 0 radical (unpaired) electrons. The van der Waals surface area contributed by atoms with Gasteiger partial charge in [-0.3, -0.25) is 0 Å². The lowest BCUT2D eigenvalue weighted by Gasteiger charge is -2.18. The van der Waals surface area contributed by atoms with Crippen molar-refractivity contribution in [3.05, 3.63) is 59.7 Å². The first kappa shape index (κ1) is 13.4. The minimum absolute atomic E-state index is 0.237. The molecule has 2 heteroatoms. The predicted octanol–water partition coefficient (Wildman–Crippen LogP) is 3.34. The Balaban J connectivity index is 2.44. The summed E-state index contributed by atoms with van der Waals surface area (Å²) in [6.07, 6.45) is 0. The Labute approximate surface area is 115 Å². The molecule has 2 aromatic carbocycles. The first-order valence-electron chi connectivity index (χ1n) is 6.38. The molecule has 19 heavy (non-hydrogen) atoms. The molecule has 0 bridgehead atoms. The van der Waals surface area contributed by atoms with E-state index in [0.29, 0.717) is 5.56 Å². The van der Waals surface area contributed by atoms with Gasteiger partial charge in [-0.25, -0.2) is 0 Å². The van der Waals surface area contributed by atoms with E-state index in [0.717, 1.165) is 5.56 Å². The van der Waals surface area contributed by atoms with Crippen molar-refractivity contribution in [1.29, 1.82) is 0 Å². The number of rotatable bonds is 1. The van der Waals surface area contributed by atoms with Crippen molar-refractivity contribution in [3.63, 3.8) is 0 Å². The maximum Gasteiger partial charge on any atom is 0.131 e. The summed E-state index contributed by atoms with van der Waals surface area (Å²) in [4.78, 5) is 0. The SMILES string of the molecule is C[Si](C)(C)c1ccccc1C#Cc1ccccc1O. The third-order valence-electron chi connectivity index (χ3n) is 2.97. The van der Waals surface area contributed by atoms with E-state index in [1.807, 2.05) is 18.2 Å². The Morgan fingerprint density at radius 3 is 1.95 bits per heavy atom. The summed E-state index contributed by atoms with van der Waals surface area (Å²) in [5, 5.41) is 11.1. The molecular formula is C17H18OSi. The van der Waals surface area contributed by atoms with Crippen LogP contribution in [0.25, 0.3) is 0 Å². The van der Waals surface area contributed by atoms with E-state index in [2.05, 4.69) is 49.7 Å². The molecule has 0 aliphatic heterocycles. The third-order valence-corrected chi connectivity index (χ3v) is 5.02. The fraction of sp³-hybridized carbons (Fsp3) is 0.176. The molecule has 0 aliphatic rings. The monoisotopic (exact) mass is 266 g/mol. The predicted molar refractivity (Wildman–Crippen MR) is 83.5 cm³/mol. The summed E-state index contributed by atoms with van der Waals surface area (Å²) < 4.78 is 0. The Morgan fingerprint density at radius 1 is 0.789 bits per heavy atom. The Morgan fingerprint density at radius 2 is 1.32 bits per heavy atom. The van der Waals surface area contributed by atoms with Gasteiger partial charge in [0.2, 0.25) is 0 Å². The molecule has 96 valence electrons. The van der Waals surface area contributed by atoms with Gasteiger partial charge < -0.3 is 5.11 Å².